The van der Waals surface area contributed by atoms with Gasteiger partial charge in [0.25, 0.3) is 0 Å². The van der Waals surface area contributed by atoms with Crippen molar-refractivity contribution in [1.29, 1.82) is 0 Å². The normalized spacial score (nSPS) is 11.3. The van der Waals surface area contributed by atoms with Gasteiger partial charge in [-0.1, -0.05) is 29.8 Å². The average Bonchev–Trinajstić information content (AvgIpc) is 2.38. The van der Waals surface area contributed by atoms with Crippen LogP contribution in [0.4, 0.5) is 0 Å². The van der Waals surface area contributed by atoms with Gasteiger partial charge in [0.1, 0.15) is 0 Å². The first-order chi connectivity index (χ1) is 9.79. The van der Waals surface area contributed by atoms with Crippen LogP contribution in [0.5, 0.6) is 0 Å². The van der Waals surface area contributed by atoms with E-state index in [-0.39, 0.29) is 16.2 Å². The molecule has 0 fully saturated rings. The zero-order chi connectivity index (χ0) is 15.6. The lowest BCUT2D eigenvalue weighted by molar-refractivity contribution is 0.0696. The van der Waals surface area contributed by atoms with Gasteiger partial charge in [0.05, 0.1) is 16.2 Å². The standard InChI is InChI=1S/C15H13ClO4S/c1-10-5-6-12(15(17)18)8-14(10)21(19,20)9-11-3-2-4-13(16)7-11/h2-8H,9H2,1H3,(H,17,18). The molecule has 0 aliphatic heterocycles. The molecule has 0 atom stereocenters. The molecule has 2 aromatic carbocycles. The number of sulfone groups is 1. The molecule has 0 aliphatic rings. The van der Waals surface area contributed by atoms with Crippen molar-refractivity contribution in [3.63, 3.8) is 0 Å². The van der Waals surface area contributed by atoms with E-state index in [4.69, 9.17) is 16.7 Å². The van der Waals surface area contributed by atoms with Gasteiger partial charge in [-0.25, -0.2) is 13.2 Å². The number of aromatic carboxylic acids is 1. The second-order valence-electron chi connectivity index (χ2n) is 4.67. The number of hydrogen-bond donors (Lipinski definition) is 1. The maximum atomic E-state index is 12.5. The maximum absolute atomic E-state index is 12.5. The fourth-order valence-corrected chi connectivity index (χ4v) is 3.84. The quantitative estimate of drug-likeness (QED) is 0.936. The average molecular weight is 325 g/mol. The van der Waals surface area contributed by atoms with Crippen LogP contribution in [-0.2, 0) is 15.6 Å². The van der Waals surface area contributed by atoms with Crippen LogP contribution in [0.15, 0.2) is 47.4 Å². The van der Waals surface area contributed by atoms with E-state index in [0.29, 0.717) is 16.1 Å². The molecule has 0 unspecified atom stereocenters. The summed E-state index contributed by atoms with van der Waals surface area (Å²) in [6.45, 7) is 1.64. The Morgan fingerprint density at radius 1 is 1.19 bits per heavy atom. The summed E-state index contributed by atoms with van der Waals surface area (Å²) >= 11 is 5.85. The Morgan fingerprint density at radius 3 is 2.52 bits per heavy atom. The lowest BCUT2D eigenvalue weighted by Gasteiger charge is -2.09. The van der Waals surface area contributed by atoms with Crippen molar-refractivity contribution >= 4 is 27.4 Å². The Labute approximate surface area is 127 Å². The fraction of sp³-hybridized carbons (Fsp3) is 0.133. The van der Waals surface area contributed by atoms with Crippen LogP contribution in [0, 0.1) is 6.92 Å². The number of hydrogen-bond acceptors (Lipinski definition) is 3. The zero-order valence-corrected chi connectivity index (χ0v) is 12.8. The van der Waals surface area contributed by atoms with Crippen molar-refractivity contribution in [1.82, 2.24) is 0 Å². The minimum absolute atomic E-state index is 0.0300. The van der Waals surface area contributed by atoms with Gasteiger partial charge < -0.3 is 5.11 Å². The predicted molar refractivity (Wildman–Crippen MR) is 80.5 cm³/mol. The van der Waals surface area contributed by atoms with Gasteiger partial charge in [0.2, 0.25) is 0 Å². The van der Waals surface area contributed by atoms with Crippen molar-refractivity contribution in [2.75, 3.05) is 0 Å². The van der Waals surface area contributed by atoms with Gasteiger partial charge in [-0.2, -0.15) is 0 Å². The first-order valence-corrected chi connectivity index (χ1v) is 8.14. The molecule has 21 heavy (non-hydrogen) atoms. The van der Waals surface area contributed by atoms with Crippen LogP contribution in [0.1, 0.15) is 21.5 Å². The summed E-state index contributed by atoms with van der Waals surface area (Å²) in [6, 6.07) is 10.7. The first kappa shape index (κ1) is 15.5. The van der Waals surface area contributed by atoms with Gasteiger partial charge in [-0.15, -0.1) is 0 Å². The summed E-state index contributed by atoms with van der Waals surface area (Å²) in [7, 11) is -3.64. The van der Waals surface area contributed by atoms with Crippen LogP contribution in [0.2, 0.25) is 5.02 Å². The van der Waals surface area contributed by atoms with E-state index in [9.17, 15) is 13.2 Å². The molecule has 0 saturated carbocycles. The van der Waals surface area contributed by atoms with Crippen molar-refractivity contribution < 1.29 is 18.3 Å². The van der Waals surface area contributed by atoms with E-state index in [2.05, 4.69) is 0 Å². The molecule has 6 heteroatoms. The molecule has 0 radical (unpaired) electrons. The van der Waals surface area contributed by atoms with Crippen LogP contribution in [0.25, 0.3) is 0 Å². The molecule has 0 aliphatic carbocycles. The van der Waals surface area contributed by atoms with E-state index < -0.39 is 15.8 Å². The number of aryl methyl sites for hydroxylation is 1. The number of benzene rings is 2. The highest BCUT2D eigenvalue weighted by atomic mass is 35.5. The summed E-state index contributed by atoms with van der Waals surface area (Å²) in [4.78, 5) is 11.0. The van der Waals surface area contributed by atoms with Gasteiger partial charge in [0.15, 0.2) is 9.84 Å². The molecular weight excluding hydrogens is 312 g/mol. The number of carboxylic acid groups (broad SMARTS) is 1. The lowest BCUT2D eigenvalue weighted by atomic mass is 10.1. The topological polar surface area (TPSA) is 71.4 Å². The summed E-state index contributed by atoms with van der Waals surface area (Å²) in [5.74, 6) is -1.38. The molecule has 0 aromatic heterocycles. The Kier molecular flexibility index (Phi) is 4.34. The van der Waals surface area contributed by atoms with Crippen LogP contribution in [0.3, 0.4) is 0 Å². The molecule has 0 bridgehead atoms. The van der Waals surface area contributed by atoms with Crippen molar-refractivity contribution in [3.05, 3.63) is 64.2 Å². The Morgan fingerprint density at radius 2 is 1.90 bits per heavy atom. The monoisotopic (exact) mass is 324 g/mol. The summed E-state index contributed by atoms with van der Waals surface area (Å²) < 4.78 is 24.9. The second kappa shape index (κ2) is 5.87. The number of carbonyl (C=O) groups is 1. The minimum Gasteiger partial charge on any atom is -0.478 e. The summed E-state index contributed by atoms with van der Waals surface area (Å²) in [6.07, 6.45) is 0. The summed E-state index contributed by atoms with van der Waals surface area (Å²) in [5.41, 5.74) is 1.02. The van der Waals surface area contributed by atoms with Gasteiger partial charge in [0, 0.05) is 5.02 Å². The van der Waals surface area contributed by atoms with Crippen molar-refractivity contribution in [2.45, 2.75) is 17.6 Å². The smallest absolute Gasteiger partial charge is 0.335 e. The van der Waals surface area contributed by atoms with E-state index in [1.165, 1.54) is 18.2 Å². The third-order valence-corrected chi connectivity index (χ3v) is 5.07. The molecule has 0 saturated heterocycles. The molecule has 0 heterocycles. The Balaban J connectivity index is 2.44. The first-order valence-electron chi connectivity index (χ1n) is 6.11. The second-order valence-corrected chi connectivity index (χ2v) is 7.07. The Hall–Kier alpha value is -1.85. The minimum atomic E-state index is -3.64. The van der Waals surface area contributed by atoms with Gasteiger partial charge in [-0.3, -0.25) is 0 Å². The van der Waals surface area contributed by atoms with Gasteiger partial charge >= 0.3 is 5.97 Å². The SMILES string of the molecule is Cc1ccc(C(=O)O)cc1S(=O)(=O)Cc1cccc(Cl)c1. The van der Waals surface area contributed by atoms with Crippen molar-refractivity contribution in [2.24, 2.45) is 0 Å². The van der Waals surface area contributed by atoms with E-state index in [0.717, 1.165) is 0 Å². The summed E-state index contributed by atoms with van der Waals surface area (Å²) in [5, 5.41) is 9.44. The lowest BCUT2D eigenvalue weighted by Crippen LogP contribution is -2.09. The molecule has 110 valence electrons. The zero-order valence-electron chi connectivity index (χ0n) is 11.2. The third kappa shape index (κ3) is 3.62. The predicted octanol–water partition coefficient (Wildman–Crippen LogP) is 3.32. The highest BCUT2D eigenvalue weighted by molar-refractivity contribution is 7.90. The highest BCUT2D eigenvalue weighted by Crippen LogP contribution is 2.23. The maximum Gasteiger partial charge on any atom is 0.335 e. The van der Waals surface area contributed by atoms with E-state index >= 15 is 0 Å². The van der Waals surface area contributed by atoms with Crippen LogP contribution in [-0.4, -0.2) is 19.5 Å². The number of halogens is 1. The van der Waals surface area contributed by atoms with Crippen LogP contribution < -0.4 is 0 Å². The van der Waals surface area contributed by atoms with Gasteiger partial charge in [-0.05, 0) is 42.3 Å². The van der Waals surface area contributed by atoms with E-state index in [1.54, 1.807) is 31.2 Å². The third-order valence-electron chi connectivity index (χ3n) is 3.02. The highest BCUT2D eigenvalue weighted by Gasteiger charge is 2.20. The molecule has 2 rings (SSSR count). The molecule has 1 N–H and O–H groups in total. The van der Waals surface area contributed by atoms with Crippen molar-refractivity contribution in [3.8, 4) is 0 Å². The fourth-order valence-electron chi connectivity index (χ4n) is 1.99. The molecule has 2 aromatic rings. The molecule has 4 nitrogen and oxygen atoms in total. The number of carboxylic acids is 1. The Bertz CT molecular complexity index is 797. The van der Waals surface area contributed by atoms with E-state index in [1.807, 2.05) is 0 Å². The molecule has 0 spiro atoms. The van der Waals surface area contributed by atoms with Crippen LogP contribution >= 0.6 is 11.6 Å². The molecular formula is C15H13ClO4S. The molecule has 0 amide bonds. The largest absolute Gasteiger partial charge is 0.478 e. The number of rotatable bonds is 4.